The van der Waals surface area contributed by atoms with Crippen LogP contribution in [-0.2, 0) is 4.79 Å². The molecular formula is C17H18O2. The highest BCUT2D eigenvalue weighted by molar-refractivity contribution is 5.85. The fourth-order valence-corrected chi connectivity index (χ4v) is 3.12. The molecule has 2 unspecified atom stereocenters. The maximum Gasteiger partial charge on any atom is 0.137 e. The summed E-state index contributed by atoms with van der Waals surface area (Å²) in [5.74, 6) is 1.46. The summed E-state index contributed by atoms with van der Waals surface area (Å²) in [6.07, 6.45) is 10.1. The van der Waals surface area contributed by atoms with Gasteiger partial charge < -0.3 is 4.42 Å². The molecule has 2 heteroatoms. The zero-order valence-corrected chi connectivity index (χ0v) is 11.3. The van der Waals surface area contributed by atoms with Crippen LogP contribution in [-0.4, -0.2) is 5.78 Å². The van der Waals surface area contributed by atoms with Gasteiger partial charge in [-0.2, -0.15) is 0 Å². The number of Topliss-reactive ketones (excluding diaryl/α,β-unsaturated/α-hetero) is 1. The quantitative estimate of drug-likeness (QED) is 0.810. The molecule has 0 radical (unpaired) electrons. The van der Waals surface area contributed by atoms with E-state index in [4.69, 9.17) is 4.42 Å². The van der Waals surface area contributed by atoms with E-state index in [0.29, 0.717) is 5.92 Å². The summed E-state index contributed by atoms with van der Waals surface area (Å²) in [5, 5.41) is 0. The third-order valence-electron chi connectivity index (χ3n) is 4.10. The Kier molecular flexibility index (Phi) is 3.02. The fourth-order valence-electron chi connectivity index (χ4n) is 3.12. The highest BCUT2D eigenvalue weighted by Crippen LogP contribution is 2.43. The number of hydrogen-bond acceptors (Lipinski definition) is 2. The lowest BCUT2D eigenvalue weighted by Crippen LogP contribution is -2.17. The summed E-state index contributed by atoms with van der Waals surface area (Å²) < 4.78 is 5.47. The van der Waals surface area contributed by atoms with E-state index in [-0.39, 0.29) is 11.7 Å². The van der Waals surface area contributed by atoms with Crippen molar-refractivity contribution in [3.8, 4) is 0 Å². The first-order chi connectivity index (χ1) is 9.15. The largest absolute Gasteiger partial charge is 0.465 e. The standard InChI is InChI=1S/C17H18O2/c1-11-5-6-13(8-11)16-10-14(9-15(16)12(2)18)17-4-3-7-19-17/h3-7,9,15-16H,8,10H2,1-2H3. The number of allylic oxidation sites excluding steroid dienone is 6. The van der Waals surface area contributed by atoms with Crippen molar-refractivity contribution in [2.75, 3.05) is 0 Å². The molecule has 0 bridgehead atoms. The first kappa shape index (κ1) is 12.2. The molecule has 1 aromatic rings. The van der Waals surface area contributed by atoms with Crippen LogP contribution in [0.25, 0.3) is 5.57 Å². The molecule has 3 rings (SSSR count). The topological polar surface area (TPSA) is 30.2 Å². The van der Waals surface area contributed by atoms with Crippen LogP contribution in [0, 0.1) is 11.8 Å². The van der Waals surface area contributed by atoms with Gasteiger partial charge in [-0.1, -0.05) is 29.4 Å². The molecule has 2 atom stereocenters. The number of hydrogen-bond donors (Lipinski definition) is 0. The molecule has 0 saturated heterocycles. The Morgan fingerprint density at radius 1 is 1.37 bits per heavy atom. The minimum atomic E-state index is 0.00523. The second-order valence-electron chi connectivity index (χ2n) is 5.55. The summed E-state index contributed by atoms with van der Waals surface area (Å²) in [7, 11) is 0. The predicted octanol–water partition coefficient (Wildman–Crippen LogP) is 4.16. The highest BCUT2D eigenvalue weighted by atomic mass is 16.3. The van der Waals surface area contributed by atoms with Crippen LogP contribution in [0.1, 0.15) is 32.4 Å². The van der Waals surface area contributed by atoms with Crippen LogP contribution in [0.2, 0.25) is 0 Å². The minimum Gasteiger partial charge on any atom is -0.465 e. The summed E-state index contributed by atoms with van der Waals surface area (Å²) >= 11 is 0. The average Bonchev–Trinajstić information content (AvgIpc) is 3.07. The zero-order valence-electron chi connectivity index (χ0n) is 11.3. The van der Waals surface area contributed by atoms with Gasteiger partial charge in [0.25, 0.3) is 0 Å². The zero-order chi connectivity index (χ0) is 13.4. The Hall–Kier alpha value is -1.83. The van der Waals surface area contributed by atoms with Crippen LogP contribution in [0.3, 0.4) is 0 Å². The Morgan fingerprint density at radius 2 is 2.21 bits per heavy atom. The Bertz CT molecular complexity index is 585. The van der Waals surface area contributed by atoms with Gasteiger partial charge in [0.2, 0.25) is 0 Å². The molecule has 19 heavy (non-hydrogen) atoms. The van der Waals surface area contributed by atoms with E-state index in [0.717, 1.165) is 18.6 Å². The van der Waals surface area contributed by atoms with Gasteiger partial charge in [-0.3, -0.25) is 4.79 Å². The van der Waals surface area contributed by atoms with Gasteiger partial charge in [0.05, 0.1) is 6.26 Å². The maximum absolute atomic E-state index is 11.9. The van der Waals surface area contributed by atoms with Crippen LogP contribution in [0.15, 0.2) is 52.2 Å². The van der Waals surface area contributed by atoms with Crippen LogP contribution >= 0.6 is 0 Å². The summed E-state index contributed by atoms with van der Waals surface area (Å²) in [4.78, 5) is 11.9. The van der Waals surface area contributed by atoms with E-state index in [1.807, 2.05) is 12.1 Å². The van der Waals surface area contributed by atoms with Gasteiger partial charge in [0.1, 0.15) is 11.5 Å². The first-order valence-corrected chi connectivity index (χ1v) is 6.76. The number of rotatable bonds is 3. The van der Waals surface area contributed by atoms with Crippen molar-refractivity contribution in [3.05, 3.63) is 53.5 Å². The molecule has 0 fully saturated rings. The van der Waals surface area contributed by atoms with Gasteiger partial charge >= 0.3 is 0 Å². The van der Waals surface area contributed by atoms with Crippen molar-refractivity contribution in [1.29, 1.82) is 0 Å². The van der Waals surface area contributed by atoms with E-state index in [1.165, 1.54) is 16.7 Å². The number of carbonyl (C=O) groups is 1. The third kappa shape index (κ3) is 2.23. The van der Waals surface area contributed by atoms with Gasteiger partial charge in [-0.05, 0) is 50.3 Å². The van der Waals surface area contributed by atoms with Crippen LogP contribution < -0.4 is 0 Å². The third-order valence-corrected chi connectivity index (χ3v) is 4.10. The predicted molar refractivity (Wildman–Crippen MR) is 75.4 cm³/mol. The maximum atomic E-state index is 11.9. The molecule has 0 aromatic carbocycles. The molecule has 0 saturated carbocycles. The van der Waals surface area contributed by atoms with E-state index >= 15 is 0 Å². The lowest BCUT2D eigenvalue weighted by atomic mass is 9.84. The molecule has 0 N–H and O–H groups in total. The van der Waals surface area contributed by atoms with E-state index in [2.05, 4.69) is 25.2 Å². The van der Waals surface area contributed by atoms with Crippen molar-refractivity contribution in [2.24, 2.45) is 11.8 Å². The van der Waals surface area contributed by atoms with Crippen molar-refractivity contribution in [1.82, 2.24) is 0 Å². The number of ketones is 1. The molecule has 0 aliphatic heterocycles. The van der Waals surface area contributed by atoms with Crippen molar-refractivity contribution in [2.45, 2.75) is 26.7 Å². The summed E-state index contributed by atoms with van der Waals surface area (Å²) in [6.45, 7) is 3.83. The monoisotopic (exact) mass is 254 g/mol. The lowest BCUT2D eigenvalue weighted by molar-refractivity contribution is -0.120. The second-order valence-corrected chi connectivity index (χ2v) is 5.55. The molecule has 2 nitrogen and oxygen atoms in total. The van der Waals surface area contributed by atoms with Gasteiger partial charge in [0.15, 0.2) is 0 Å². The molecule has 98 valence electrons. The molecule has 1 heterocycles. The van der Waals surface area contributed by atoms with Gasteiger partial charge in [-0.25, -0.2) is 0 Å². The lowest BCUT2D eigenvalue weighted by Gasteiger charge is -2.18. The number of carbonyl (C=O) groups excluding carboxylic acids is 1. The Morgan fingerprint density at radius 3 is 2.79 bits per heavy atom. The smallest absolute Gasteiger partial charge is 0.137 e. The number of furan rings is 1. The highest BCUT2D eigenvalue weighted by Gasteiger charge is 2.34. The Labute approximate surface area is 113 Å². The van der Waals surface area contributed by atoms with Crippen molar-refractivity contribution < 1.29 is 9.21 Å². The summed E-state index contributed by atoms with van der Waals surface area (Å²) in [5.41, 5.74) is 3.93. The summed E-state index contributed by atoms with van der Waals surface area (Å²) in [6, 6.07) is 3.87. The van der Waals surface area contributed by atoms with Crippen molar-refractivity contribution >= 4 is 11.4 Å². The SMILES string of the molecule is CC(=O)C1C=C(c2ccco2)CC1C1=CC=C(C)C1. The first-order valence-electron chi connectivity index (χ1n) is 6.76. The fraction of sp³-hybridized carbons (Fsp3) is 0.353. The van der Waals surface area contributed by atoms with Crippen LogP contribution in [0.5, 0.6) is 0 Å². The molecule has 2 aliphatic carbocycles. The molecular weight excluding hydrogens is 236 g/mol. The molecule has 0 spiro atoms. The second kappa shape index (κ2) is 4.69. The van der Waals surface area contributed by atoms with Crippen LogP contribution in [0.4, 0.5) is 0 Å². The molecule has 2 aliphatic rings. The average molecular weight is 254 g/mol. The molecule has 0 amide bonds. The van der Waals surface area contributed by atoms with E-state index < -0.39 is 0 Å². The van der Waals surface area contributed by atoms with Crippen molar-refractivity contribution in [3.63, 3.8) is 0 Å². The Balaban J connectivity index is 1.86. The normalized spacial score (nSPS) is 26.1. The van der Waals surface area contributed by atoms with Gasteiger partial charge in [0, 0.05) is 5.92 Å². The van der Waals surface area contributed by atoms with E-state index in [9.17, 15) is 4.79 Å². The van der Waals surface area contributed by atoms with Gasteiger partial charge in [-0.15, -0.1) is 0 Å². The molecule has 1 aromatic heterocycles. The van der Waals surface area contributed by atoms with E-state index in [1.54, 1.807) is 13.2 Å². The minimum absolute atomic E-state index is 0.00523.